The Morgan fingerprint density at radius 2 is 1.59 bits per heavy atom. The van der Waals surface area contributed by atoms with Gasteiger partial charge in [0.05, 0.1) is 12.6 Å². The van der Waals surface area contributed by atoms with E-state index in [9.17, 15) is 9.59 Å². The van der Waals surface area contributed by atoms with Crippen LogP contribution in [-0.2, 0) is 22.6 Å². The highest BCUT2D eigenvalue weighted by atomic mass is 16.5. The van der Waals surface area contributed by atoms with E-state index in [1.165, 1.54) is 0 Å². The monoisotopic (exact) mass is 397 g/mol. The van der Waals surface area contributed by atoms with Crippen LogP contribution < -0.4 is 15.4 Å². The molecule has 0 aliphatic carbocycles. The number of ether oxygens (including phenoxy) is 1. The average Bonchev–Trinajstić information content (AvgIpc) is 2.68. The molecule has 0 heterocycles. The molecule has 6 nitrogen and oxygen atoms in total. The number of nitrogens with one attached hydrogen (secondary N) is 2. The standard InChI is InChI=1S/C23H31N3O3/c1-17(2)29-21-12-7-19(8-13-21)15-24-16-22(27)25-20-10-5-18(6-11-20)9-14-23(28)26(3)4/h5-8,10-13,17,24H,9,14-16H2,1-4H3,(H,25,27). The largest absolute Gasteiger partial charge is 0.491 e. The molecule has 0 aromatic heterocycles. The van der Waals surface area contributed by atoms with Gasteiger partial charge in [-0.2, -0.15) is 0 Å². The summed E-state index contributed by atoms with van der Waals surface area (Å²) >= 11 is 0. The number of carbonyl (C=O) groups is 2. The maximum Gasteiger partial charge on any atom is 0.238 e. The van der Waals surface area contributed by atoms with Gasteiger partial charge in [-0.1, -0.05) is 24.3 Å². The van der Waals surface area contributed by atoms with Crippen LogP contribution in [0.2, 0.25) is 0 Å². The Bertz CT molecular complexity index is 784. The molecule has 2 N–H and O–H groups in total. The molecule has 0 bridgehead atoms. The Balaban J connectivity index is 1.71. The number of anilines is 1. The molecule has 29 heavy (non-hydrogen) atoms. The van der Waals surface area contributed by atoms with Gasteiger partial charge in [-0.05, 0) is 55.7 Å². The van der Waals surface area contributed by atoms with E-state index < -0.39 is 0 Å². The Morgan fingerprint density at radius 3 is 2.17 bits per heavy atom. The molecule has 0 saturated carbocycles. The molecule has 0 unspecified atom stereocenters. The van der Waals surface area contributed by atoms with Crippen LogP contribution in [0.15, 0.2) is 48.5 Å². The molecule has 2 rings (SSSR count). The highest BCUT2D eigenvalue weighted by molar-refractivity contribution is 5.92. The topological polar surface area (TPSA) is 70.7 Å². The van der Waals surface area contributed by atoms with Crippen molar-refractivity contribution >= 4 is 17.5 Å². The van der Waals surface area contributed by atoms with Gasteiger partial charge >= 0.3 is 0 Å². The molecule has 2 amide bonds. The first-order valence-electron chi connectivity index (χ1n) is 9.88. The van der Waals surface area contributed by atoms with Gasteiger partial charge in [-0.25, -0.2) is 0 Å². The Kier molecular flexibility index (Phi) is 8.68. The van der Waals surface area contributed by atoms with Crippen molar-refractivity contribution in [2.75, 3.05) is 26.0 Å². The van der Waals surface area contributed by atoms with Crippen LogP contribution in [0.25, 0.3) is 0 Å². The number of nitrogens with zero attached hydrogens (tertiary/aromatic N) is 1. The molecule has 0 spiro atoms. The minimum Gasteiger partial charge on any atom is -0.491 e. The van der Waals surface area contributed by atoms with Gasteiger partial charge in [0.25, 0.3) is 0 Å². The summed E-state index contributed by atoms with van der Waals surface area (Å²) in [6.45, 7) is 4.82. The van der Waals surface area contributed by atoms with Crippen LogP contribution in [0.1, 0.15) is 31.4 Å². The van der Waals surface area contributed by atoms with E-state index in [0.717, 1.165) is 22.6 Å². The number of hydrogen-bond donors (Lipinski definition) is 2. The smallest absolute Gasteiger partial charge is 0.238 e. The van der Waals surface area contributed by atoms with Crippen molar-refractivity contribution in [2.24, 2.45) is 0 Å². The molecule has 0 fully saturated rings. The zero-order chi connectivity index (χ0) is 21.2. The van der Waals surface area contributed by atoms with Gasteiger partial charge in [0.2, 0.25) is 11.8 Å². The molecule has 2 aromatic rings. The lowest BCUT2D eigenvalue weighted by Crippen LogP contribution is -2.27. The second kappa shape index (κ2) is 11.2. The number of hydrogen-bond acceptors (Lipinski definition) is 4. The summed E-state index contributed by atoms with van der Waals surface area (Å²) in [5.41, 5.74) is 2.90. The predicted molar refractivity (Wildman–Crippen MR) is 116 cm³/mol. The van der Waals surface area contributed by atoms with Gasteiger partial charge in [-0.15, -0.1) is 0 Å². The van der Waals surface area contributed by atoms with Crippen molar-refractivity contribution in [1.29, 1.82) is 0 Å². The van der Waals surface area contributed by atoms with E-state index in [1.807, 2.05) is 62.4 Å². The third-order valence-electron chi connectivity index (χ3n) is 4.27. The van der Waals surface area contributed by atoms with Gasteiger partial charge in [0.15, 0.2) is 0 Å². The second-order valence-electron chi connectivity index (χ2n) is 7.45. The van der Waals surface area contributed by atoms with E-state index in [2.05, 4.69) is 10.6 Å². The van der Waals surface area contributed by atoms with Gasteiger partial charge < -0.3 is 20.3 Å². The van der Waals surface area contributed by atoms with Crippen molar-refractivity contribution in [1.82, 2.24) is 10.2 Å². The van der Waals surface area contributed by atoms with E-state index in [-0.39, 0.29) is 24.5 Å². The summed E-state index contributed by atoms with van der Waals surface area (Å²) in [7, 11) is 3.51. The fourth-order valence-corrected chi connectivity index (χ4v) is 2.71. The van der Waals surface area contributed by atoms with E-state index in [4.69, 9.17) is 4.74 Å². The predicted octanol–water partition coefficient (Wildman–Crippen LogP) is 3.22. The molecule has 0 aliphatic heterocycles. The first-order chi connectivity index (χ1) is 13.8. The summed E-state index contributed by atoms with van der Waals surface area (Å²) in [5, 5.41) is 6.01. The zero-order valence-corrected chi connectivity index (χ0v) is 17.7. The molecule has 0 radical (unpaired) electrons. The van der Waals surface area contributed by atoms with E-state index >= 15 is 0 Å². The molecular weight excluding hydrogens is 366 g/mol. The van der Waals surface area contributed by atoms with Crippen molar-refractivity contribution < 1.29 is 14.3 Å². The Hall–Kier alpha value is -2.86. The number of benzene rings is 2. The fourth-order valence-electron chi connectivity index (χ4n) is 2.71. The summed E-state index contributed by atoms with van der Waals surface area (Å²) < 4.78 is 5.62. The van der Waals surface area contributed by atoms with Crippen molar-refractivity contribution in [3.63, 3.8) is 0 Å². The highest BCUT2D eigenvalue weighted by Gasteiger charge is 2.06. The van der Waals surface area contributed by atoms with Crippen molar-refractivity contribution in [3.8, 4) is 5.75 Å². The number of aryl methyl sites for hydroxylation is 1. The third-order valence-corrected chi connectivity index (χ3v) is 4.27. The summed E-state index contributed by atoms with van der Waals surface area (Å²) in [6, 6.07) is 15.4. The SMILES string of the molecule is CC(C)Oc1ccc(CNCC(=O)Nc2ccc(CCC(=O)N(C)C)cc2)cc1. The van der Waals surface area contributed by atoms with Crippen LogP contribution >= 0.6 is 0 Å². The molecule has 2 aromatic carbocycles. The molecule has 0 saturated heterocycles. The van der Waals surface area contributed by atoms with Gasteiger partial charge in [0.1, 0.15) is 5.75 Å². The molecule has 0 aliphatic rings. The summed E-state index contributed by atoms with van der Waals surface area (Å²) in [4.78, 5) is 25.3. The van der Waals surface area contributed by atoms with Crippen LogP contribution in [0.5, 0.6) is 5.75 Å². The van der Waals surface area contributed by atoms with E-state index in [1.54, 1.807) is 19.0 Å². The number of amides is 2. The lowest BCUT2D eigenvalue weighted by molar-refractivity contribution is -0.128. The first-order valence-corrected chi connectivity index (χ1v) is 9.88. The van der Waals surface area contributed by atoms with Gasteiger partial charge in [0, 0.05) is 32.7 Å². The van der Waals surface area contributed by atoms with Crippen LogP contribution in [0.4, 0.5) is 5.69 Å². The highest BCUT2D eigenvalue weighted by Crippen LogP contribution is 2.14. The summed E-state index contributed by atoms with van der Waals surface area (Å²) in [6.07, 6.45) is 1.32. The third kappa shape index (κ3) is 8.35. The average molecular weight is 398 g/mol. The van der Waals surface area contributed by atoms with Crippen LogP contribution in [0.3, 0.4) is 0 Å². The Morgan fingerprint density at radius 1 is 0.966 bits per heavy atom. The maximum absolute atomic E-state index is 12.1. The molecule has 0 atom stereocenters. The quantitative estimate of drug-likeness (QED) is 0.646. The fraction of sp³-hybridized carbons (Fsp3) is 0.391. The minimum absolute atomic E-state index is 0.0969. The number of carbonyl (C=O) groups excluding carboxylic acids is 2. The Labute approximate surface area is 173 Å². The summed E-state index contributed by atoms with van der Waals surface area (Å²) in [5.74, 6) is 0.854. The lowest BCUT2D eigenvalue weighted by atomic mass is 10.1. The molecule has 6 heteroatoms. The minimum atomic E-state index is -0.0969. The van der Waals surface area contributed by atoms with Crippen LogP contribution in [0, 0.1) is 0 Å². The zero-order valence-electron chi connectivity index (χ0n) is 17.7. The van der Waals surface area contributed by atoms with E-state index in [0.29, 0.717) is 19.4 Å². The number of rotatable bonds is 10. The maximum atomic E-state index is 12.1. The van der Waals surface area contributed by atoms with Gasteiger partial charge in [-0.3, -0.25) is 9.59 Å². The first kappa shape index (κ1) is 22.4. The van der Waals surface area contributed by atoms with Crippen molar-refractivity contribution in [2.45, 2.75) is 39.3 Å². The van der Waals surface area contributed by atoms with Crippen molar-refractivity contribution in [3.05, 3.63) is 59.7 Å². The normalized spacial score (nSPS) is 10.7. The van der Waals surface area contributed by atoms with Crippen LogP contribution in [-0.4, -0.2) is 43.5 Å². The molecule has 156 valence electrons. The second-order valence-corrected chi connectivity index (χ2v) is 7.45. The lowest BCUT2D eigenvalue weighted by Gasteiger charge is -2.11. The molecular formula is C23H31N3O3.